The van der Waals surface area contributed by atoms with Crippen molar-refractivity contribution in [1.29, 1.82) is 0 Å². The molecule has 2 heterocycles. The fourth-order valence-electron chi connectivity index (χ4n) is 3.58. The number of anilines is 1. The molecule has 2 aromatic heterocycles. The topological polar surface area (TPSA) is 75.9 Å². The summed E-state index contributed by atoms with van der Waals surface area (Å²) in [7, 11) is 0. The van der Waals surface area contributed by atoms with E-state index in [0.717, 1.165) is 23.4 Å². The van der Waals surface area contributed by atoms with Gasteiger partial charge in [-0.15, -0.1) is 0 Å². The predicted octanol–water partition coefficient (Wildman–Crippen LogP) is 2.35. The molecule has 24 heavy (non-hydrogen) atoms. The van der Waals surface area contributed by atoms with Gasteiger partial charge >= 0.3 is 0 Å². The van der Waals surface area contributed by atoms with Gasteiger partial charge in [0.25, 0.3) is 0 Å². The van der Waals surface area contributed by atoms with E-state index in [1.165, 1.54) is 30.4 Å². The quantitative estimate of drug-likeness (QED) is 0.754. The minimum atomic E-state index is 0.0441. The number of hydrogen-bond acceptors (Lipinski definition) is 5. The van der Waals surface area contributed by atoms with E-state index < -0.39 is 0 Å². The van der Waals surface area contributed by atoms with Crippen LogP contribution < -0.4 is 5.32 Å². The van der Waals surface area contributed by atoms with Gasteiger partial charge in [0.05, 0.1) is 24.7 Å². The van der Waals surface area contributed by atoms with E-state index in [2.05, 4.69) is 44.6 Å². The van der Waals surface area contributed by atoms with E-state index in [1.807, 2.05) is 0 Å². The van der Waals surface area contributed by atoms with Crippen molar-refractivity contribution in [3.63, 3.8) is 0 Å². The maximum Gasteiger partial charge on any atom is 0.163 e. The van der Waals surface area contributed by atoms with E-state index in [1.54, 1.807) is 17.2 Å². The van der Waals surface area contributed by atoms with Gasteiger partial charge in [0.2, 0.25) is 0 Å². The Morgan fingerprint density at radius 3 is 3.08 bits per heavy atom. The summed E-state index contributed by atoms with van der Waals surface area (Å²) in [6.45, 7) is 1.34. The van der Waals surface area contributed by atoms with Crippen molar-refractivity contribution in [3.8, 4) is 0 Å². The number of nitrogens with one attached hydrogen (secondary N) is 1. The fraction of sp³-hybridized carbons (Fsp3) is 0.389. The number of rotatable bonds is 5. The van der Waals surface area contributed by atoms with E-state index in [-0.39, 0.29) is 6.61 Å². The first kappa shape index (κ1) is 15.1. The summed E-state index contributed by atoms with van der Waals surface area (Å²) in [4.78, 5) is 8.67. The van der Waals surface area contributed by atoms with Crippen LogP contribution >= 0.6 is 0 Å². The molecule has 6 nitrogen and oxygen atoms in total. The van der Waals surface area contributed by atoms with Gasteiger partial charge in [0, 0.05) is 12.5 Å². The Hall–Kier alpha value is -2.47. The summed E-state index contributed by atoms with van der Waals surface area (Å²) in [5.41, 5.74) is 3.68. The van der Waals surface area contributed by atoms with Crippen LogP contribution in [0.5, 0.6) is 0 Å². The van der Waals surface area contributed by atoms with Crippen LogP contribution in [0.4, 0.5) is 5.82 Å². The number of aliphatic hydroxyl groups is 1. The smallest absolute Gasteiger partial charge is 0.163 e. The summed E-state index contributed by atoms with van der Waals surface area (Å²) < 4.78 is 1.71. The minimum Gasteiger partial charge on any atom is -0.394 e. The number of hydrogen-bond donors (Lipinski definition) is 2. The molecule has 0 saturated carbocycles. The Morgan fingerprint density at radius 2 is 2.17 bits per heavy atom. The van der Waals surface area contributed by atoms with Crippen molar-refractivity contribution in [2.75, 3.05) is 18.5 Å². The maximum atomic E-state index is 9.11. The van der Waals surface area contributed by atoms with Crippen LogP contribution in [0.15, 0.2) is 36.8 Å². The summed E-state index contributed by atoms with van der Waals surface area (Å²) >= 11 is 0. The van der Waals surface area contributed by atoms with Crippen molar-refractivity contribution in [3.05, 3.63) is 47.9 Å². The first-order valence-electron chi connectivity index (χ1n) is 8.46. The molecule has 0 amide bonds. The Bertz CT molecular complexity index is 844. The number of fused-ring (bicyclic) bond motifs is 2. The summed E-state index contributed by atoms with van der Waals surface area (Å²) in [6, 6.07) is 8.73. The molecule has 124 valence electrons. The Kier molecular flexibility index (Phi) is 4.13. The molecular formula is C18H21N5O. The van der Waals surface area contributed by atoms with Crippen molar-refractivity contribution in [2.24, 2.45) is 0 Å². The molecule has 0 bridgehead atoms. The van der Waals surface area contributed by atoms with Crippen LogP contribution in [-0.4, -0.2) is 38.0 Å². The highest BCUT2D eigenvalue weighted by atomic mass is 16.3. The molecule has 1 aliphatic rings. The van der Waals surface area contributed by atoms with E-state index in [9.17, 15) is 0 Å². The van der Waals surface area contributed by atoms with Crippen LogP contribution in [0.2, 0.25) is 0 Å². The molecular weight excluding hydrogens is 302 g/mol. The standard InChI is InChI=1S/C18H21N5O/c24-9-8-23-18-16(11-22-23)17(20-12-21-18)19-10-14-6-3-5-13-4-1-2-7-15(13)14/h1-2,4,7,11-12,14,24H,3,5-6,8-10H2,(H,19,20,21)/t14-/m1/s1. The van der Waals surface area contributed by atoms with Crippen LogP contribution in [-0.2, 0) is 13.0 Å². The van der Waals surface area contributed by atoms with E-state index in [0.29, 0.717) is 12.5 Å². The van der Waals surface area contributed by atoms with Crippen molar-refractivity contribution in [1.82, 2.24) is 19.7 Å². The predicted molar refractivity (Wildman–Crippen MR) is 93.0 cm³/mol. The first-order chi connectivity index (χ1) is 11.9. The SMILES string of the molecule is OCCn1ncc2c(NC[C@H]3CCCc4ccccc43)ncnc21. The average molecular weight is 323 g/mol. The molecule has 0 fully saturated rings. The fourth-order valence-corrected chi connectivity index (χ4v) is 3.58. The lowest BCUT2D eigenvalue weighted by Crippen LogP contribution is -2.18. The highest BCUT2D eigenvalue weighted by Gasteiger charge is 2.20. The van der Waals surface area contributed by atoms with Gasteiger partial charge in [0.1, 0.15) is 12.1 Å². The second-order valence-corrected chi connectivity index (χ2v) is 6.22. The molecule has 1 atom stereocenters. The number of nitrogens with zero attached hydrogens (tertiary/aromatic N) is 4. The Morgan fingerprint density at radius 1 is 1.25 bits per heavy atom. The highest BCUT2D eigenvalue weighted by molar-refractivity contribution is 5.86. The molecule has 0 saturated heterocycles. The van der Waals surface area contributed by atoms with Crippen LogP contribution in [0.1, 0.15) is 29.9 Å². The molecule has 3 aromatic rings. The van der Waals surface area contributed by atoms with Gasteiger partial charge in [-0.25, -0.2) is 14.6 Å². The molecule has 6 heteroatoms. The van der Waals surface area contributed by atoms with Gasteiger partial charge in [-0.3, -0.25) is 0 Å². The van der Waals surface area contributed by atoms with Crippen molar-refractivity contribution in [2.45, 2.75) is 31.7 Å². The normalized spacial score (nSPS) is 17.0. The third-order valence-electron chi connectivity index (χ3n) is 4.75. The molecule has 0 aliphatic heterocycles. The zero-order valence-corrected chi connectivity index (χ0v) is 13.5. The van der Waals surface area contributed by atoms with Crippen LogP contribution in [0.25, 0.3) is 11.0 Å². The third-order valence-corrected chi connectivity index (χ3v) is 4.75. The number of aromatic nitrogens is 4. The molecule has 0 radical (unpaired) electrons. The number of aryl methyl sites for hydroxylation is 1. The second-order valence-electron chi connectivity index (χ2n) is 6.22. The van der Waals surface area contributed by atoms with Gasteiger partial charge in [-0.2, -0.15) is 5.10 Å². The largest absolute Gasteiger partial charge is 0.394 e. The van der Waals surface area contributed by atoms with Crippen LogP contribution in [0.3, 0.4) is 0 Å². The molecule has 1 aliphatic carbocycles. The Balaban J connectivity index is 1.56. The van der Waals surface area contributed by atoms with Gasteiger partial charge in [-0.1, -0.05) is 24.3 Å². The minimum absolute atomic E-state index is 0.0441. The molecule has 0 spiro atoms. The summed E-state index contributed by atoms with van der Waals surface area (Å²) in [6.07, 6.45) is 6.93. The summed E-state index contributed by atoms with van der Waals surface area (Å²) in [5.74, 6) is 1.32. The third kappa shape index (κ3) is 2.73. The zero-order chi connectivity index (χ0) is 16.4. The van der Waals surface area contributed by atoms with Gasteiger partial charge in [0.15, 0.2) is 5.65 Å². The van der Waals surface area contributed by atoms with E-state index >= 15 is 0 Å². The zero-order valence-electron chi connectivity index (χ0n) is 13.5. The average Bonchev–Trinajstić information content (AvgIpc) is 3.04. The monoisotopic (exact) mass is 323 g/mol. The number of benzene rings is 1. The summed E-state index contributed by atoms with van der Waals surface area (Å²) in [5, 5.41) is 17.8. The van der Waals surface area contributed by atoms with Gasteiger partial charge < -0.3 is 10.4 Å². The highest BCUT2D eigenvalue weighted by Crippen LogP contribution is 2.32. The molecule has 2 N–H and O–H groups in total. The lowest BCUT2D eigenvalue weighted by atomic mass is 9.83. The second kappa shape index (κ2) is 6.57. The lowest BCUT2D eigenvalue weighted by Gasteiger charge is -2.25. The van der Waals surface area contributed by atoms with Crippen molar-refractivity contribution >= 4 is 16.9 Å². The number of aliphatic hydroxyl groups excluding tert-OH is 1. The van der Waals surface area contributed by atoms with Gasteiger partial charge in [-0.05, 0) is 30.4 Å². The van der Waals surface area contributed by atoms with Crippen LogP contribution in [0, 0.1) is 0 Å². The first-order valence-corrected chi connectivity index (χ1v) is 8.46. The Labute approximate surface area is 140 Å². The van der Waals surface area contributed by atoms with Crippen molar-refractivity contribution < 1.29 is 5.11 Å². The van der Waals surface area contributed by atoms with E-state index in [4.69, 9.17) is 5.11 Å². The lowest BCUT2D eigenvalue weighted by molar-refractivity contribution is 0.271. The molecule has 4 rings (SSSR count). The molecule has 1 aromatic carbocycles. The molecule has 0 unspecified atom stereocenters. The maximum absolute atomic E-state index is 9.11.